The summed E-state index contributed by atoms with van der Waals surface area (Å²) in [5.74, 6) is 0.235. The first kappa shape index (κ1) is 18.9. The number of piperazine rings is 1. The van der Waals surface area contributed by atoms with Crippen LogP contribution in [-0.4, -0.2) is 71.2 Å². The quantitative estimate of drug-likeness (QED) is 0.724. The van der Waals surface area contributed by atoms with Crippen molar-refractivity contribution in [3.8, 4) is 0 Å². The summed E-state index contributed by atoms with van der Waals surface area (Å²) in [7, 11) is 0. The van der Waals surface area contributed by atoms with Crippen molar-refractivity contribution < 1.29 is 9.69 Å². The Morgan fingerprint density at radius 3 is 2.48 bits per heavy atom. The molecule has 6 heteroatoms. The second kappa shape index (κ2) is 7.78. The Kier molecular flexibility index (Phi) is 5.88. The number of nitrogens with one attached hydrogen (secondary N) is 2. The van der Waals surface area contributed by atoms with E-state index in [2.05, 4.69) is 35.9 Å². The largest absolute Gasteiger partial charge is 0.358 e. The van der Waals surface area contributed by atoms with Gasteiger partial charge in [0.15, 0.2) is 5.11 Å². The maximum atomic E-state index is 12.8. The summed E-state index contributed by atoms with van der Waals surface area (Å²) >= 11 is 5.52. The molecule has 1 unspecified atom stereocenters. The Hall–Kier alpha value is -0.880. The molecular weight excluding hydrogens is 332 g/mol. The molecule has 0 aromatic heterocycles. The zero-order valence-corrected chi connectivity index (χ0v) is 17.0. The van der Waals surface area contributed by atoms with Gasteiger partial charge in [-0.05, 0) is 65.1 Å². The van der Waals surface area contributed by atoms with E-state index < -0.39 is 0 Å². The summed E-state index contributed by atoms with van der Waals surface area (Å²) in [5.41, 5.74) is 0.0189. The minimum absolute atomic E-state index is 0.0189. The van der Waals surface area contributed by atoms with Crippen molar-refractivity contribution in [2.75, 3.05) is 32.7 Å². The molecule has 0 radical (unpaired) electrons. The van der Waals surface area contributed by atoms with Crippen LogP contribution < -0.4 is 10.2 Å². The van der Waals surface area contributed by atoms with E-state index in [1.807, 2.05) is 0 Å². The third kappa shape index (κ3) is 4.64. The van der Waals surface area contributed by atoms with Crippen molar-refractivity contribution in [3.63, 3.8) is 0 Å². The van der Waals surface area contributed by atoms with Crippen molar-refractivity contribution >= 4 is 23.2 Å². The Morgan fingerprint density at radius 1 is 1.24 bits per heavy atom. The number of rotatable bonds is 3. The molecule has 0 bridgehead atoms. The van der Waals surface area contributed by atoms with Crippen LogP contribution in [0.1, 0.15) is 59.3 Å². The molecule has 3 fully saturated rings. The average Bonchev–Trinajstić information content (AvgIpc) is 2.58. The summed E-state index contributed by atoms with van der Waals surface area (Å²) in [6.45, 7) is 11.0. The average molecular weight is 368 g/mol. The van der Waals surface area contributed by atoms with Crippen LogP contribution in [0, 0.1) is 0 Å². The third-order valence-corrected chi connectivity index (χ3v) is 6.63. The lowest BCUT2D eigenvalue weighted by molar-refractivity contribution is -0.930. The maximum absolute atomic E-state index is 12.8. The van der Waals surface area contributed by atoms with Crippen LogP contribution in [-0.2, 0) is 4.79 Å². The van der Waals surface area contributed by atoms with Gasteiger partial charge in [0.1, 0.15) is 0 Å². The number of carbonyl (C=O) groups excluding carboxylic acids is 1. The van der Waals surface area contributed by atoms with Crippen LogP contribution in [0.3, 0.4) is 0 Å². The predicted octanol–water partition coefficient (Wildman–Crippen LogP) is 0.794. The van der Waals surface area contributed by atoms with E-state index in [1.165, 1.54) is 32.1 Å². The van der Waals surface area contributed by atoms with E-state index in [-0.39, 0.29) is 11.4 Å². The van der Waals surface area contributed by atoms with E-state index in [0.29, 0.717) is 12.6 Å². The van der Waals surface area contributed by atoms with Gasteiger partial charge in [-0.15, -0.1) is 0 Å². The standard InChI is InChI=1S/C19H34N4OS/c1-15-13-19(2,3)20-18(25)23(15)14-17(24)22-11-9-21(10-12-22)16-7-5-4-6-8-16/h15-16H,4-14H2,1-3H3,(H,20,25)/p+1. The highest BCUT2D eigenvalue weighted by Gasteiger charge is 2.36. The SMILES string of the molecule is CC1CC(C)(C)NC(=S)N1CC(=O)N1CC[NH+](C2CCCCC2)CC1. The summed E-state index contributed by atoms with van der Waals surface area (Å²) in [5, 5.41) is 4.10. The van der Waals surface area contributed by atoms with Crippen molar-refractivity contribution in [1.29, 1.82) is 0 Å². The Morgan fingerprint density at radius 2 is 1.88 bits per heavy atom. The Balaban J connectivity index is 1.48. The topological polar surface area (TPSA) is 40.0 Å². The van der Waals surface area contributed by atoms with Crippen molar-refractivity contribution in [2.45, 2.75) is 76.9 Å². The molecule has 5 nitrogen and oxygen atoms in total. The lowest BCUT2D eigenvalue weighted by atomic mass is 9.93. The van der Waals surface area contributed by atoms with Gasteiger partial charge in [-0.3, -0.25) is 4.79 Å². The third-order valence-electron chi connectivity index (χ3n) is 6.29. The summed E-state index contributed by atoms with van der Waals surface area (Å²) < 4.78 is 0. The monoisotopic (exact) mass is 367 g/mol. The van der Waals surface area contributed by atoms with E-state index in [4.69, 9.17) is 12.2 Å². The molecule has 0 spiro atoms. The van der Waals surface area contributed by atoms with Crippen LogP contribution in [0.2, 0.25) is 0 Å². The summed E-state index contributed by atoms with van der Waals surface area (Å²) in [6, 6.07) is 1.15. The lowest BCUT2D eigenvalue weighted by Crippen LogP contribution is -3.18. The van der Waals surface area contributed by atoms with Gasteiger partial charge < -0.3 is 20.0 Å². The number of nitrogens with zero attached hydrogens (tertiary/aromatic N) is 2. The first-order chi connectivity index (χ1) is 11.9. The second-order valence-electron chi connectivity index (χ2n) is 8.87. The molecule has 3 aliphatic rings. The molecule has 142 valence electrons. The summed E-state index contributed by atoms with van der Waals surface area (Å²) in [4.78, 5) is 18.6. The summed E-state index contributed by atoms with van der Waals surface area (Å²) in [6.07, 6.45) is 7.96. The molecule has 0 aromatic rings. The number of amides is 1. The van der Waals surface area contributed by atoms with Gasteiger partial charge in [-0.1, -0.05) is 6.42 Å². The first-order valence-corrected chi connectivity index (χ1v) is 10.5. The van der Waals surface area contributed by atoms with E-state index in [1.54, 1.807) is 4.90 Å². The molecule has 2 saturated heterocycles. The zero-order valence-electron chi connectivity index (χ0n) is 16.1. The van der Waals surface area contributed by atoms with Crippen LogP contribution in [0.5, 0.6) is 0 Å². The minimum atomic E-state index is 0.0189. The van der Waals surface area contributed by atoms with Crippen LogP contribution >= 0.6 is 12.2 Å². The van der Waals surface area contributed by atoms with Gasteiger partial charge in [0, 0.05) is 11.6 Å². The van der Waals surface area contributed by atoms with Crippen molar-refractivity contribution in [1.82, 2.24) is 15.1 Å². The van der Waals surface area contributed by atoms with Crippen LogP contribution in [0.25, 0.3) is 0 Å². The van der Waals surface area contributed by atoms with Gasteiger partial charge in [-0.2, -0.15) is 0 Å². The molecule has 0 aromatic carbocycles. The van der Waals surface area contributed by atoms with Gasteiger partial charge >= 0.3 is 0 Å². The molecule has 2 heterocycles. The highest BCUT2D eigenvalue weighted by Crippen LogP contribution is 2.22. The van der Waals surface area contributed by atoms with Gasteiger partial charge in [-0.25, -0.2) is 0 Å². The van der Waals surface area contributed by atoms with Crippen LogP contribution in [0.4, 0.5) is 0 Å². The van der Waals surface area contributed by atoms with Crippen molar-refractivity contribution in [3.05, 3.63) is 0 Å². The molecule has 1 aliphatic carbocycles. The number of thiocarbonyl (C=S) groups is 1. The molecule has 2 N–H and O–H groups in total. The molecule has 1 amide bonds. The fourth-order valence-corrected chi connectivity index (χ4v) is 5.42. The van der Waals surface area contributed by atoms with Crippen molar-refractivity contribution in [2.24, 2.45) is 0 Å². The van der Waals surface area contributed by atoms with E-state index in [0.717, 1.165) is 43.8 Å². The van der Waals surface area contributed by atoms with Gasteiger partial charge in [0.25, 0.3) is 0 Å². The predicted molar refractivity (Wildman–Crippen MR) is 105 cm³/mol. The van der Waals surface area contributed by atoms with E-state index in [9.17, 15) is 4.79 Å². The van der Waals surface area contributed by atoms with Gasteiger partial charge in [0.2, 0.25) is 5.91 Å². The zero-order chi connectivity index (χ0) is 18.0. The Bertz CT molecular complexity index is 496. The van der Waals surface area contributed by atoms with E-state index >= 15 is 0 Å². The minimum Gasteiger partial charge on any atom is -0.358 e. The lowest BCUT2D eigenvalue weighted by Gasteiger charge is -2.45. The fourth-order valence-electron chi connectivity index (χ4n) is 4.90. The second-order valence-corrected chi connectivity index (χ2v) is 9.26. The molecule has 25 heavy (non-hydrogen) atoms. The Labute approximate surface area is 158 Å². The number of hydrogen-bond donors (Lipinski definition) is 2. The maximum Gasteiger partial charge on any atom is 0.242 e. The smallest absolute Gasteiger partial charge is 0.242 e. The van der Waals surface area contributed by atoms with Crippen LogP contribution in [0.15, 0.2) is 0 Å². The first-order valence-electron chi connectivity index (χ1n) is 10.1. The molecule has 2 aliphatic heterocycles. The highest BCUT2D eigenvalue weighted by molar-refractivity contribution is 7.80. The number of hydrogen-bond acceptors (Lipinski definition) is 2. The molecular formula is C19H35N4OS+. The normalized spacial score (nSPS) is 28.8. The van der Waals surface area contributed by atoms with Gasteiger partial charge in [0.05, 0.1) is 38.8 Å². The highest BCUT2D eigenvalue weighted by atomic mass is 32.1. The molecule has 1 saturated carbocycles. The molecule has 3 rings (SSSR count). The fraction of sp³-hybridized carbons (Fsp3) is 0.895. The molecule has 1 atom stereocenters. The number of quaternary nitrogens is 1. The number of carbonyl (C=O) groups is 1.